The van der Waals surface area contributed by atoms with Gasteiger partial charge in [0.2, 0.25) is 0 Å². The summed E-state index contributed by atoms with van der Waals surface area (Å²) in [5.41, 5.74) is 0. The van der Waals surface area contributed by atoms with Crippen LogP contribution in [-0.4, -0.2) is 17.7 Å². The zero-order chi connectivity index (χ0) is 9.78. The van der Waals surface area contributed by atoms with E-state index in [4.69, 9.17) is 9.47 Å². The second kappa shape index (κ2) is 4.09. The van der Waals surface area contributed by atoms with Gasteiger partial charge in [-0.05, 0) is 0 Å². The van der Waals surface area contributed by atoms with E-state index in [1.807, 2.05) is 0 Å². The molecule has 0 bridgehead atoms. The van der Waals surface area contributed by atoms with E-state index < -0.39 is 17.7 Å². The van der Waals surface area contributed by atoms with Gasteiger partial charge >= 0.3 is 11.9 Å². The molecule has 0 aliphatic heterocycles. The van der Waals surface area contributed by atoms with Crippen molar-refractivity contribution < 1.29 is 19.1 Å². The van der Waals surface area contributed by atoms with E-state index >= 15 is 0 Å². The number of rotatable bonds is 3. The summed E-state index contributed by atoms with van der Waals surface area (Å²) in [6.07, 6.45) is 0.437. The predicted octanol–water partition coefficient (Wildman–Crippen LogP) is 1.24. The second-order valence-corrected chi connectivity index (χ2v) is 2.67. The fourth-order valence-corrected chi connectivity index (χ4v) is 0.773. The van der Waals surface area contributed by atoms with Crippen molar-refractivity contribution in [2.45, 2.75) is 39.9 Å². The van der Waals surface area contributed by atoms with Crippen LogP contribution in [0.3, 0.4) is 0 Å². The standard InChI is InChI=1S/C8H14O4/c1-5-8(4,11-6(2)9)12-7(3)10/h5H2,1-4H3. The van der Waals surface area contributed by atoms with Crippen molar-refractivity contribution in [3.8, 4) is 0 Å². The number of ether oxygens (including phenoxy) is 2. The second-order valence-electron chi connectivity index (χ2n) is 2.67. The van der Waals surface area contributed by atoms with Crippen molar-refractivity contribution in [1.29, 1.82) is 0 Å². The Labute approximate surface area is 71.8 Å². The lowest BCUT2D eigenvalue weighted by molar-refractivity contribution is -0.220. The third-order valence-corrected chi connectivity index (χ3v) is 1.36. The lowest BCUT2D eigenvalue weighted by Crippen LogP contribution is -2.35. The summed E-state index contributed by atoms with van der Waals surface area (Å²) in [6, 6.07) is 0. The highest BCUT2D eigenvalue weighted by molar-refractivity contribution is 5.68. The molecule has 70 valence electrons. The summed E-state index contributed by atoms with van der Waals surface area (Å²) in [7, 11) is 0. The summed E-state index contributed by atoms with van der Waals surface area (Å²) < 4.78 is 9.63. The van der Waals surface area contributed by atoms with Crippen LogP contribution in [0.5, 0.6) is 0 Å². The van der Waals surface area contributed by atoms with Gasteiger partial charge in [-0.1, -0.05) is 6.92 Å². The van der Waals surface area contributed by atoms with Crippen molar-refractivity contribution in [1.82, 2.24) is 0 Å². The minimum Gasteiger partial charge on any atom is -0.423 e. The molecule has 0 heterocycles. The van der Waals surface area contributed by atoms with Crippen LogP contribution < -0.4 is 0 Å². The minimum atomic E-state index is -1.11. The molecule has 0 aromatic heterocycles. The molecule has 0 rings (SSSR count). The molecule has 0 aliphatic carbocycles. The third kappa shape index (κ3) is 3.95. The van der Waals surface area contributed by atoms with Gasteiger partial charge in [0.1, 0.15) is 0 Å². The van der Waals surface area contributed by atoms with Crippen LogP contribution in [0.2, 0.25) is 0 Å². The Morgan fingerprint density at radius 3 is 1.67 bits per heavy atom. The maximum Gasteiger partial charge on any atom is 0.305 e. The lowest BCUT2D eigenvalue weighted by atomic mass is 10.2. The highest BCUT2D eigenvalue weighted by atomic mass is 16.7. The molecule has 0 atom stereocenters. The van der Waals surface area contributed by atoms with Gasteiger partial charge < -0.3 is 9.47 Å². The van der Waals surface area contributed by atoms with Crippen molar-refractivity contribution in [2.24, 2.45) is 0 Å². The Morgan fingerprint density at radius 1 is 1.17 bits per heavy atom. The van der Waals surface area contributed by atoms with Crippen molar-refractivity contribution >= 4 is 11.9 Å². The van der Waals surface area contributed by atoms with E-state index in [-0.39, 0.29) is 0 Å². The quantitative estimate of drug-likeness (QED) is 0.477. The first-order valence-corrected chi connectivity index (χ1v) is 3.79. The normalized spacial score (nSPS) is 10.7. The van der Waals surface area contributed by atoms with Crippen LogP contribution in [0.25, 0.3) is 0 Å². The van der Waals surface area contributed by atoms with E-state index in [0.29, 0.717) is 6.42 Å². The van der Waals surface area contributed by atoms with Gasteiger partial charge in [0, 0.05) is 27.2 Å². The largest absolute Gasteiger partial charge is 0.423 e. The topological polar surface area (TPSA) is 52.6 Å². The number of esters is 2. The summed E-state index contributed by atoms with van der Waals surface area (Å²) in [4.78, 5) is 21.2. The number of hydrogen-bond donors (Lipinski definition) is 0. The molecule has 0 radical (unpaired) electrons. The molecule has 0 saturated heterocycles. The number of carbonyl (C=O) groups is 2. The Balaban J connectivity index is 4.23. The molecule has 12 heavy (non-hydrogen) atoms. The van der Waals surface area contributed by atoms with Crippen LogP contribution in [0.4, 0.5) is 0 Å². The van der Waals surface area contributed by atoms with Crippen molar-refractivity contribution in [3.05, 3.63) is 0 Å². The molecule has 0 spiro atoms. The molecular formula is C8H14O4. The molecule has 0 aromatic carbocycles. The van der Waals surface area contributed by atoms with Crippen molar-refractivity contribution in [2.75, 3.05) is 0 Å². The SMILES string of the molecule is CCC(C)(OC(C)=O)OC(C)=O. The molecule has 0 amide bonds. The van der Waals surface area contributed by atoms with Gasteiger partial charge in [0.25, 0.3) is 5.79 Å². The van der Waals surface area contributed by atoms with Crippen LogP contribution in [0, 0.1) is 0 Å². The smallest absolute Gasteiger partial charge is 0.305 e. The number of hydrogen-bond acceptors (Lipinski definition) is 4. The predicted molar refractivity (Wildman–Crippen MR) is 42.2 cm³/mol. The summed E-state index contributed by atoms with van der Waals surface area (Å²) in [5.74, 6) is -2.03. The van der Waals surface area contributed by atoms with E-state index in [2.05, 4.69) is 0 Å². The van der Waals surface area contributed by atoms with E-state index in [0.717, 1.165) is 0 Å². The fourth-order valence-electron chi connectivity index (χ4n) is 0.773. The lowest BCUT2D eigenvalue weighted by Gasteiger charge is -2.26. The average Bonchev–Trinajstić information content (AvgIpc) is 1.83. The van der Waals surface area contributed by atoms with Gasteiger partial charge in [0.05, 0.1) is 0 Å². The summed E-state index contributed by atoms with van der Waals surface area (Å²) in [6.45, 7) is 5.87. The first-order chi connectivity index (χ1) is 5.39. The summed E-state index contributed by atoms with van der Waals surface area (Å²) in [5, 5.41) is 0. The molecular weight excluding hydrogens is 160 g/mol. The zero-order valence-electron chi connectivity index (χ0n) is 7.84. The molecule has 0 aromatic rings. The van der Waals surface area contributed by atoms with Gasteiger partial charge in [-0.15, -0.1) is 0 Å². The minimum absolute atomic E-state index is 0.437. The van der Waals surface area contributed by atoms with Crippen LogP contribution in [0.15, 0.2) is 0 Å². The maximum atomic E-state index is 10.6. The molecule has 0 saturated carbocycles. The molecule has 4 heteroatoms. The van der Waals surface area contributed by atoms with Gasteiger partial charge in [-0.25, -0.2) is 0 Å². The fraction of sp³-hybridized carbons (Fsp3) is 0.750. The van der Waals surface area contributed by atoms with E-state index in [9.17, 15) is 9.59 Å². The molecule has 0 aliphatic rings. The third-order valence-electron chi connectivity index (χ3n) is 1.36. The molecule has 0 unspecified atom stereocenters. The van der Waals surface area contributed by atoms with Gasteiger partial charge in [0.15, 0.2) is 0 Å². The molecule has 4 nitrogen and oxygen atoms in total. The van der Waals surface area contributed by atoms with Crippen LogP contribution in [0.1, 0.15) is 34.1 Å². The Morgan fingerprint density at radius 2 is 1.50 bits per heavy atom. The number of carbonyl (C=O) groups excluding carboxylic acids is 2. The molecule has 0 fully saturated rings. The van der Waals surface area contributed by atoms with Gasteiger partial charge in [-0.3, -0.25) is 9.59 Å². The van der Waals surface area contributed by atoms with E-state index in [1.165, 1.54) is 13.8 Å². The molecule has 0 N–H and O–H groups in total. The summed E-state index contributed by atoms with van der Waals surface area (Å²) >= 11 is 0. The van der Waals surface area contributed by atoms with Gasteiger partial charge in [-0.2, -0.15) is 0 Å². The Hall–Kier alpha value is -1.06. The first kappa shape index (κ1) is 10.9. The maximum absolute atomic E-state index is 10.6. The van der Waals surface area contributed by atoms with Crippen LogP contribution >= 0.6 is 0 Å². The average molecular weight is 174 g/mol. The Bertz CT molecular complexity index is 169. The highest BCUT2D eigenvalue weighted by Crippen LogP contribution is 2.17. The zero-order valence-corrected chi connectivity index (χ0v) is 7.84. The van der Waals surface area contributed by atoms with E-state index in [1.54, 1.807) is 13.8 Å². The highest BCUT2D eigenvalue weighted by Gasteiger charge is 2.28. The Kier molecular flexibility index (Phi) is 3.73. The van der Waals surface area contributed by atoms with Crippen LogP contribution in [-0.2, 0) is 19.1 Å². The monoisotopic (exact) mass is 174 g/mol. The first-order valence-electron chi connectivity index (χ1n) is 3.79. The van der Waals surface area contributed by atoms with Crippen molar-refractivity contribution in [3.63, 3.8) is 0 Å².